The fourth-order valence-electron chi connectivity index (χ4n) is 4.41. The van der Waals surface area contributed by atoms with Crippen LogP contribution >= 0.6 is 0 Å². The lowest BCUT2D eigenvalue weighted by Crippen LogP contribution is -2.43. The molecule has 2 aliphatic rings. The van der Waals surface area contributed by atoms with Gasteiger partial charge in [0, 0.05) is 6.54 Å². The van der Waals surface area contributed by atoms with Gasteiger partial charge in [0.2, 0.25) is 0 Å². The maximum absolute atomic E-state index is 6.63. The lowest BCUT2D eigenvalue weighted by atomic mass is 9.70. The van der Waals surface area contributed by atoms with Crippen LogP contribution < -0.4 is 5.32 Å². The van der Waals surface area contributed by atoms with Gasteiger partial charge in [-0.05, 0) is 54.9 Å². The van der Waals surface area contributed by atoms with Crippen LogP contribution in [0.15, 0.2) is 0 Å². The minimum atomic E-state index is 0.360. The Labute approximate surface area is 126 Å². The normalized spacial score (nSPS) is 36.8. The van der Waals surface area contributed by atoms with E-state index < -0.39 is 0 Å². The fraction of sp³-hybridized carbons (Fsp3) is 1.00. The average Bonchev–Trinajstić information content (AvgIpc) is 2.70. The van der Waals surface area contributed by atoms with Crippen LogP contribution in [0.25, 0.3) is 0 Å². The van der Waals surface area contributed by atoms with Gasteiger partial charge in [-0.15, -0.1) is 0 Å². The zero-order valence-electron chi connectivity index (χ0n) is 14.5. The molecule has 2 heteroatoms. The van der Waals surface area contributed by atoms with E-state index in [1.165, 1.54) is 25.7 Å². The highest BCUT2D eigenvalue weighted by Gasteiger charge is 2.62. The van der Waals surface area contributed by atoms with E-state index in [2.05, 4.69) is 46.9 Å². The van der Waals surface area contributed by atoms with E-state index in [4.69, 9.17) is 4.74 Å². The molecule has 2 fully saturated rings. The summed E-state index contributed by atoms with van der Waals surface area (Å²) in [4.78, 5) is 0. The van der Waals surface area contributed by atoms with E-state index in [9.17, 15) is 0 Å². The summed E-state index contributed by atoms with van der Waals surface area (Å²) in [5, 5.41) is 3.54. The Morgan fingerprint density at radius 1 is 1.25 bits per heavy atom. The van der Waals surface area contributed by atoms with Gasteiger partial charge in [0.05, 0.1) is 12.2 Å². The number of hydrogen-bond acceptors (Lipinski definition) is 2. The molecular weight excluding hydrogens is 246 g/mol. The summed E-state index contributed by atoms with van der Waals surface area (Å²) in [6.45, 7) is 16.3. The van der Waals surface area contributed by atoms with Gasteiger partial charge >= 0.3 is 0 Å². The van der Waals surface area contributed by atoms with E-state index in [-0.39, 0.29) is 0 Å². The number of fused-ring (bicyclic) bond motifs is 2. The Balaban J connectivity index is 1.98. The largest absolute Gasteiger partial charge is 0.373 e. The number of nitrogens with one attached hydrogen (secondary N) is 1. The molecule has 0 heterocycles. The average molecular weight is 281 g/mol. The minimum absolute atomic E-state index is 0.360. The molecule has 0 aromatic carbocycles. The Kier molecular flexibility index (Phi) is 4.86. The molecule has 2 saturated carbocycles. The summed E-state index contributed by atoms with van der Waals surface area (Å²) >= 11 is 0. The van der Waals surface area contributed by atoms with Gasteiger partial charge in [-0.25, -0.2) is 0 Å². The molecule has 4 unspecified atom stereocenters. The second-order valence-electron chi connectivity index (χ2n) is 8.22. The van der Waals surface area contributed by atoms with Crippen molar-refractivity contribution in [3.8, 4) is 0 Å². The van der Waals surface area contributed by atoms with Gasteiger partial charge in [0.1, 0.15) is 0 Å². The highest BCUT2D eigenvalue weighted by Crippen LogP contribution is 2.66. The SMILES string of the molecule is CCCNCC(OC1CC2CCC1(C)C2(C)C)C(C)C. The molecule has 0 aliphatic heterocycles. The van der Waals surface area contributed by atoms with Crippen LogP contribution in [0.5, 0.6) is 0 Å². The summed E-state index contributed by atoms with van der Waals surface area (Å²) in [7, 11) is 0. The first-order valence-corrected chi connectivity index (χ1v) is 8.69. The lowest BCUT2D eigenvalue weighted by molar-refractivity contribution is -0.0993. The van der Waals surface area contributed by atoms with Crippen molar-refractivity contribution in [3.63, 3.8) is 0 Å². The topological polar surface area (TPSA) is 21.3 Å². The van der Waals surface area contributed by atoms with Crippen LogP contribution in [-0.4, -0.2) is 25.3 Å². The van der Waals surface area contributed by atoms with Crippen LogP contribution in [0.2, 0.25) is 0 Å². The van der Waals surface area contributed by atoms with Crippen LogP contribution in [0.1, 0.15) is 67.2 Å². The van der Waals surface area contributed by atoms with E-state index in [1.54, 1.807) is 0 Å². The van der Waals surface area contributed by atoms with E-state index in [0.29, 0.717) is 29.0 Å². The Hall–Kier alpha value is -0.0800. The molecule has 0 aromatic heterocycles. The second kappa shape index (κ2) is 5.96. The van der Waals surface area contributed by atoms with Crippen molar-refractivity contribution in [2.75, 3.05) is 13.1 Å². The summed E-state index contributed by atoms with van der Waals surface area (Å²) in [6.07, 6.45) is 6.05. The van der Waals surface area contributed by atoms with Gasteiger partial charge in [0.25, 0.3) is 0 Å². The third-order valence-corrected chi connectivity index (χ3v) is 6.57. The summed E-state index contributed by atoms with van der Waals surface area (Å²) < 4.78 is 6.63. The van der Waals surface area contributed by atoms with Crippen LogP contribution in [-0.2, 0) is 4.74 Å². The third-order valence-electron chi connectivity index (χ3n) is 6.57. The van der Waals surface area contributed by atoms with Crippen molar-refractivity contribution in [2.45, 2.75) is 79.4 Å². The first kappa shape index (κ1) is 16.3. The molecule has 0 amide bonds. The molecule has 0 radical (unpaired) electrons. The molecule has 118 valence electrons. The first-order valence-electron chi connectivity index (χ1n) is 8.69. The molecule has 0 saturated heterocycles. The second-order valence-corrected chi connectivity index (χ2v) is 8.22. The van der Waals surface area contributed by atoms with Crippen molar-refractivity contribution in [1.29, 1.82) is 0 Å². The molecule has 20 heavy (non-hydrogen) atoms. The van der Waals surface area contributed by atoms with Gasteiger partial charge in [-0.1, -0.05) is 41.5 Å². The Morgan fingerprint density at radius 2 is 1.95 bits per heavy atom. The highest BCUT2D eigenvalue weighted by atomic mass is 16.5. The molecule has 4 atom stereocenters. The highest BCUT2D eigenvalue weighted by molar-refractivity contribution is 5.11. The van der Waals surface area contributed by atoms with Gasteiger partial charge in [-0.2, -0.15) is 0 Å². The van der Waals surface area contributed by atoms with Gasteiger partial charge in [0.15, 0.2) is 0 Å². The molecule has 2 bridgehead atoms. The maximum Gasteiger partial charge on any atom is 0.0726 e. The quantitative estimate of drug-likeness (QED) is 0.705. The Bertz CT molecular complexity index is 325. The smallest absolute Gasteiger partial charge is 0.0726 e. The standard InChI is InChI=1S/C18H35NO/c1-7-10-19-12-15(13(2)3)20-16-11-14-8-9-18(16,6)17(14,4)5/h13-16,19H,7-12H2,1-6H3. The third kappa shape index (κ3) is 2.66. The maximum atomic E-state index is 6.63. The molecule has 2 aliphatic carbocycles. The van der Waals surface area contributed by atoms with Crippen molar-refractivity contribution in [2.24, 2.45) is 22.7 Å². The zero-order chi connectivity index (χ0) is 15.0. The van der Waals surface area contributed by atoms with Crippen molar-refractivity contribution >= 4 is 0 Å². The van der Waals surface area contributed by atoms with Crippen LogP contribution in [0.4, 0.5) is 0 Å². The van der Waals surface area contributed by atoms with E-state index in [1.807, 2.05) is 0 Å². The summed E-state index contributed by atoms with van der Waals surface area (Å²) in [5.74, 6) is 1.46. The van der Waals surface area contributed by atoms with Crippen LogP contribution in [0, 0.1) is 22.7 Å². The predicted molar refractivity (Wildman–Crippen MR) is 85.9 cm³/mol. The minimum Gasteiger partial charge on any atom is -0.373 e. The molecule has 2 rings (SSSR count). The molecule has 1 N–H and O–H groups in total. The molecule has 2 nitrogen and oxygen atoms in total. The number of hydrogen-bond donors (Lipinski definition) is 1. The zero-order valence-corrected chi connectivity index (χ0v) is 14.5. The number of rotatable bonds is 7. The van der Waals surface area contributed by atoms with Gasteiger partial charge < -0.3 is 10.1 Å². The Morgan fingerprint density at radius 3 is 2.40 bits per heavy atom. The lowest BCUT2D eigenvalue weighted by Gasteiger charge is -2.41. The fourth-order valence-corrected chi connectivity index (χ4v) is 4.41. The first-order chi connectivity index (χ1) is 9.33. The predicted octanol–water partition coefficient (Wildman–Crippen LogP) is 4.24. The van der Waals surface area contributed by atoms with Crippen molar-refractivity contribution < 1.29 is 4.74 Å². The van der Waals surface area contributed by atoms with E-state index in [0.717, 1.165) is 19.0 Å². The summed E-state index contributed by atoms with van der Waals surface area (Å²) in [6, 6.07) is 0. The van der Waals surface area contributed by atoms with Crippen molar-refractivity contribution in [3.05, 3.63) is 0 Å². The van der Waals surface area contributed by atoms with Crippen molar-refractivity contribution in [1.82, 2.24) is 5.32 Å². The molecule has 0 spiro atoms. The van der Waals surface area contributed by atoms with Gasteiger partial charge in [-0.3, -0.25) is 0 Å². The molecular formula is C18H35NO. The molecule has 0 aromatic rings. The number of ether oxygens (including phenoxy) is 1. The van der Waals surface area contributed by atoms with Crippen LogP contribution in [0.3, 0.4) is 0 Å². The monoisotopic (exact) mass is 281 g/mol. The summed E-state index contributed by atoms with van der Waals surface area (Å²) in [5.41, 5.74) is 0.839. The van der Waals surface area contributed by atoms with E-state index >= 15 is 0 Å².